The Morgan fingerprint density at radius 3 is 2.36 bits per heavy atom. The molecule has 2 aromatic rings. The molecule has 1 saturated carbocycles. The molecule has 0 radical (unpaired) electrons. The van der Waals surface area contributed by atoms with Gasteiger partial charge in [-0.25, -0.2) is 0 Å². The fourth-order valence-electron chi connectivity index (χ4n) is 4.49. The summed E-state index contributed by atoms with van der Waals surface area (Å²) in [6.07, 6.45) is 2.08. The molecular formula is C22H25NO2. The summed E-state index contributed by atoms with van der Waals surface area (Å²) in [7, 11) is 1.56. The maximum absolute atomic E-state index is 11.0. The fraction of sp³-hybridized carbons (Fsp3) is 0.409. The van der Waals surface area contributed by atoms with Crippen LogP contribution in [0, 0.1) is 11.3 Å². The summed E-state index contributed by atoms with van der Waals surface area (Å²) >= 11 is 0. The van der Waals surface area contributed by atoms with Crippen molar-refractivity contribution in [2.24, 2.45) is 5.92 Å². The Labute approximate surface area is 148 Å². The monoisotopic (exact) mass is 335 g/mol. The molecule has 0 saturated heterocycles. The highest BCUT2D eigenvalue weighted by Gasteiger charge is 2.69. The van der Waals surface area contributed by atoms with E-state index >= 15 is 0 Å². The third kappa shape index (κ3) is 2.16. The number of hydrogen-bond donors (Lipinski definition) is 2. The van der Waals surface area contributed by atoms with Crippen LogP contribution in [-0.4, -0.2) is 23.7 Å². The van der Waals surface area contributed by atoms with Crippen LogP contribution < -0.4 is 0 Å². The van der Waals surface area contributed by atoms with Crippen molar-refractivity contribution in [1.29, 1.82) is 5.41 Å². The highest BCUT2D eigenvalue weighted by Crippen LogP contribution is 2.66. The second kappa shape index (κ2) is 5.03. The normalized spacial score (nSPS) is 27.5. The molecule has 3 unspecified atom stereocenters. The summed E-state index contributed by atoms with van der Waals surface area (Å²) < 4.78 is 5.50. The summed E-state index contributed by atoms with van der Waals surface area (Å²) in [6, 6.07) is 10.7. The molecule has 4 rings (SSSR count). The van der Waals surface area contributed by atoms with Crippen LogP contribution in [0.15, 0.2) is 35.9 Å². The third-order valence-corrected chi connectivity index (χ3v) is 5.76. The lowest BCUT2D eigenvalue weighted by Gasteiger charge is -2.26. The van der Waals surface area contributed by atoms with Gasteiger partial charge in [0, 0.05) is 12.8 Å². The first kappa shape index (κ1) is 16.5. The van der Waals surface area contributed by atoms with Crippen LogP contribution in [-0.2, 0) is 10.2 Å². The lowest BCUT2D eigenvalue weighted by Crippen LogP contribution is -2.16. The summed E-state index contributed by atoms with van der Waals surface area (Å²) in [5.74, 6) is -1.45. The standard InChI is InChI=1S/C22H25NO2/c1-12(23)16-10-13-11-17(21(2,3)4)14-8-6-7-9-15(14)18(13)20-19(16)22(20,24)25-5/h6-11,19-20,23-24H,1-5H3. The van der Waals surface area contributed by atoms with Crippen LogP contribution >= 0.6 is 0 Å². The Morgan fingerprint density at radius 1 is 1.16 bits per heavy atom. The van der Waals surface area contributed by atoms with Crippen LogP contribution in [0.5, 0.6) is 0 Å². The van der Waals surface area contributed by atoms with Crippen LogP contribution in [0.4, 0.5) is 0 Å². The van der Waals surface area contributed by atoms with Crippen molar-refractivity contribution in [2.75, 3.05) is 7.11 Å². The number of benzene rings is 2. The van der Waals surface area contributed by atoms with Gasteiger partial charge in [-0.3, -0.25) is 0 Å². The van der Waals surface area contributed by atoms with Crippen LogP contribution in [0.1, 0.15) is 50.3 Å². The largest absolute Gasteiger partial charge is 0.364 e. The van der Waals surface area contributed by atoms with Crippen molar-refractivity contribution in [2.45, 2.75) is 44.8 Å². The van der Waals surface area contributed by atoms with E-state index < -0.39 is 5.79 Å². The zero-order valence-electron chi connectivity index (χ0n) is 15.5. The van der Waals surface area contributed by atoms with E-state index in [1.165, 1.54) is 16.3 Å². The van der Waals surface area contributed by atoms with E-state index in [4.69, 9.17) is 10.1 Å². The van der Waals surface area contributed by atoms with Gasteiger partial charge in [0.25, 0.3) is 0 Å². The zero-order valence-corrected chi connectivity index (χ0v) is 15.5. The molecule has 2 N–H and O–H groups in total. The third-order valence-electron chi connectivity index (χ3n) is 5.76. The molecule has 0 bridgehead atoms. The van der Waals surface area contributed by atoms with Crippen molar-refractivity contribution < 1.29 is 9.84 Å². The molecule has 2 aromatic carbocycles. The number of nitrogens with one attached hydrogen (secondary N) is 1. The Balaban J connectivity index is 2.09. The van der Waals surface area contributed by atoms with E-state index in [1.54, 1.807) is 14.0 Å². The summed E-state index contributed by atoms with van der Waals surface area (Å²) in [4.78, 5) is 0. The number of hydrogen-bond acceptors (Lipinski definition) is 3. The Bertz CT molecular complexity index is 935. The molecule has 0 heterocycles. The number of aliphatic hydroxyl groups is 1. The Morgan fingerprint density at radius 2 is 1.80 bits per heavy atom. The molecule has 0 aromatic heterocycles. The summed E-state index contributed by atoms with van der Waals surface area (Å²) in [5.41, 5.74) is 4.96. The first-order valence-corrected chi connectivity index (χ1v) is 8.81. The van der Waals surface area contributed by atoms with Crippen LogP contribution in [0.3, 0.4) is 0 Å². The SMILES string of the molecule is COC1(O)C2C(C(C)=N)=Cc3cc(C(C)(C)C)c4ccccc4c3C21. The maximum atomic E-state index is 11.0. The van der Waals surface area contributed by atoms with Crippen molar-refractivity contribution in [3.05, 3.63) is 52.6 Å². The van der Waals surface area contributed by atoms with E-state index in [2.05, 4.69) is 57.2 Å². The maximum Gasteiger partial charge on any atom is 0.180 e. The average molecular weight is 335 g/mol. The van der Waals surface area contributed by atoms with E-state index in [1.807, 2.05) is 0 Å². The summed E-state index contributed by atoms with van der Waals surface area (Å²) in [5, 5.41) is 21.6. The van der Waals surface area contributed by atoms with E-state index in [9.17, 15) is 5.11 Å². The predicted molar refractivity (Wildman–Crippen MR) is 102 cm³/mol. The average Bonchev–Trinajstić information content (AvgIpc) is 3.18. The highest BCUT2D eigenvalue weighted by atomic mass is 16.6. The zero-order chi connectivity index (χ0) is 18.1. The number of fused-ring (bicyclic) bond motifs is 5. The van der Waals surface area contributed by atoms with Gasteiger partial charge in [0.1, 0.15) is 0 Å². The molecule has 3 heteroatoms. The molecule has 0 amide bonds. The van der Waals surface area contributed by atoms with E-state index in [0.29, 0.717) is 5.71 Å². The van der Waals surface area contributed by atoms with Crippen molar-refractivity contribution >= 4 is 22.6 Å². The predicted octanol–water partition coefficient (Wildman–Crippen LogP) is 4.62. The minimum absolute atomic E-state index is 0.0142. The van der Waals surface area contributed by atoms with Crippen molar-refractivity contribution in [1.82, 2.24) is 0 Å². The molecule has 2 aliphatic rings. The van der Waals surface area contributed by atoms with E-state index in [-0.39, 0.29) is 17.3 Å². The molecule has 0 spiro atoms. The van der Waals surface area contributed by atoms with Crippen molar-refractivity contribution in [3.8, 4) is 0 Å². The second-order valence-corrected chi connectivity index (χ2v) is 8.36. The molecule has 2 aliphatic carbocycles. The Kier molecular flexibility index (Phi) is 3.32. The molecular weight excluding hydrogens is 310 g/mol. The van der Waals surface area contributed by atoms with Gasteiger partial charge < -0.3 is 15.3 Å². The Hall–Kier alpha value is -1.97. The van der Waals surface area contributed by atoms with Crippen molar-refractivity contribution in [3.63, 3.8) is 0 Å². The van der Waals surface area contributed by atoms with E-state index in [0.717, 1.165) is 16.7 Å². The van der Waals surface area contributed by atoms with Crippen LogP contribution in [0.25, 0.3) is 16.8 Å². The smallest absolute Gasteiger partial charge is 0.180 e. The topological polar surface area (TPSA) is 53.3 Å². The first-order chi connectivity index (χ1) is 11.7. The molecule has 0 aliphatic heterocycles. The molecule has 130 valence electrons. The van der Waals surface area contributed by atoms with Gasteiger partial charge >= 0.3 is 0 Å². The molecule has 1 fully saturated rings. The van der Waals surface area contributed by atoms with Gasteiger partial charge in [-0.1, -0.05) is 51.1 Å². The molecule has 3 atom stereocenters. The van der Waals surface area contributed by atoms with Gasteiger partial charge in [0.15, 0.2) is 5.79 Å². The van der Waals surface area contributed by atoms with Crippen LogP contribution in [0.2, 0.25) is 0 Å². The minimum Gasteiger partial charge on any atom is -0.364 e. The van der Waals surface area contributed by atoms with Gasteiger partial charge in [-0.05, 0) is 51.5 Å². The second-order valence-electron chi connectivity index (χ2n) is 8.36. The van der Waals surface area contributed by atoms with Gasteiger partial charge in [-0.2, -0.15) is 0 Å². The quantitative estimate of drug-likeness (QED) is 0.621. The lowest BCUT2D eigenvalue weighted by molar-refractivity contribution is -0.113. The fourth-order valence-corrected chi connectivity index (χ4v) is 4.49. The lowest BCUT2D eigenvalue weighted by atomic mass is 9.78. The number of ether oxygens (including phenoxy) is 1. The molecule has 25 heavy (non-hydrogen) atoms. The first-order valence-electron chi connectivity index (χ1n) is 8.81. The number of methoxy groups -OCH3 is 1. The van der Waals surface area contributed by atoms with Gasteiger partial charge in [-0.15, -0.1) is 0 Å². The molecule has 3 nitrogen and oxygen atoms in total. The highest BCUT2D eigenvalue weighted by molar-refractivity contribution is 6.05. The minimum atomic E-state index is -1.20. The van der Waals surface area contributed by atoms with Gasteiger partial charge in [0.2, 0.25) is 0 Å². The van der Waals surface area contributed by atoms with Gasteiger partial charge in [0.05, 0.1) is 11.8 Å². The number of rotatable bonds is 2. The summed E-state index contributed by atoms with van der Waals surface area (Å²) in [6.45, 7) is 8.46.